The maximum Gasteiger partial charge on any atom is 0.293 e. The minimum Gasteiger partial charge on any atom is -0.504 e. The molecule has 0 aliphatic carbocycles. The molecule has 0 radical (unpaired) electrons. The van der Waals surface area contributed by atoms with Gasteiger partial charge in [0, 0.05) is 17.1 Å². The fourth-order valence-electron chi connectivity index (χ4n) is 2.39. The van der Waals surface area contributed by atoms with E-state index in [0.717, 1.165) is 17.3 Å². The highest BCUT2D eigenvalue weighted by molar-refractivity contribution is 8.18. The minimum absolute atomic E-state index is 0.210. The van der Waals surface area contributed by atoms with Gasteiger partial charge in [-0.15, -0.1) is 0 Å². The van der Waals surface area contributed by atoms with Crippen LogP contribution in [0.4, 0.5) is 4.79 Å². The van der Waals surface area contributed by atoms with Gasteiger partial charge in [0.15, 0.2) is 11.5 Å². The van der Waals surface area contributed by atoms with Crippen LogP contribution in [0, 0.1) is 0 Å². The standard InChI is InChI=1S/C18H14ClNO4S/c19-13-6-4-11(5-7-13)8-9-20-17(23)15(25-18(20)24)10-12-2-1-3-14(21)16(12)22/h1-7,10,21-22H,8-9H2/b15-10-. The molecule has 1 saturated heterocycles. The lowest BCUT2D eigenvalue weighted by Crippen LogP contribution is -2.30. The molecule has 0 atom stereocenters. The van der Waals surface area contributed by atoms with Crippen molar-refractivity contribution in [2.45, 2.75) is 6.42 Å². The monoisotopic (exact) mass is 375 g/mol. The summed E-state index contributed by atoms with van der Waals surface area (Å²) in [6, 6.07) is 11.7. The molecule has 0 spiro atoms. The Morgan fingerprint density at radius 2 is 1.80 bits per heavy atom. The topological polar surface area (TPSA) is 77.8 Å². The van der Waals surface area contributed by atoms with Crippen molar-refractivity contribution in [3.63, 3.8) is 0 Å². The van der Waals surface area contributed by atoms with E-state index in [4.69, 9.17) is 11.6 Å². The number of phenols is 2. The van der Waals surface area contributed by atoms with E-state index in [9.17, 15) is 19.8 Å². The first-order chi connectivity index (χ1) is 12.0. The molecule has 0 saturated carbocycles. The van der Waals surface area contributed by atoms with Gasteiger partial charge in [-0.3, -0.25) is 14.5 Å². The lowest BCUT2D eigenvalue weighted by atomic mass is 10.1. The Labute approximate surface area is 153 Å². The summed E-state index contributed by atoms with van der Waals surface area (Å²) in [5, 5.41) is 19.6. The predicted octanol–water partition coefficient (Wildman–Crippen LogP) is 4.03. The number of phenolic OH excluding ortho intramolecular Hbond substituents is 2. The Kier molecular flexibility index (Phi) is 5.01. The summed E-state index contributed by atoms with van der Waals surface area (Å²) < 4.78 is 0. The van der Waals surface area contributed by atoms with Gasteiger partial charge >= 0.3 is 0 Å². The quantitative estimate of drug-likeness (QED) is 0.623. The maximum absolute atomic E-state index is 12.4. The molecule has 2 aromatic rings. The van der Waals surface area contributed by atoms with Crippen LogP contribution in [0.2, 0.25) is 5.02 Å². The van der Waals surface area contributed by atoms with Crippen LogP contribution in [0.5, 0.6) is 11.5 Å². The summed E-state index contributed by atoms with van der Waals surface area (Å²) in [7, 11) is 0. The van der Waals surface area contributed by atoms with Gasteiger partial charge in [-0.2, -0.15) is 0 Å². The van der Waals surface area contributed by atoms with E-state index >= 15 is 0 Å². The molecule has 2 amide bonds. The van der Waals surface area contributed by atoms with Crippen molar-refractivity contribution in [1.82, 2.24) is 4.90 Å². The van der Waals surface area contributed by atoms with Crippen molar-refractivity contribution >= 4 is 40.6 Å². The molecule has 0 bridgehead atoms. The SMILES string of the molecule is O=C1S/C(=C\c2cccc(O)c2O)C(=O)N1CCc1ccc(Cl)cc1. The summed E-state index contributed by atoms with van der Waals surface area (Å²) in [4.78, 5) is 25.9. The van der Waals surface area contributed by atoms with Gasteiger partial charge in [0.1, 0.15) is 0 Å². The average molecular weight is 376 g/mol. The summed E-state index contributed by atoms with van der Waals surface area (Å²) in [6.45, 7) is 0.260. The summed E-state index contributed by atoms with van der Waals surface area (Å²) >= 11 is 6.65. The summed E-state index contributed by atoms with van der Waals surface area (Å²) in [5.74, 6) is -1.02. The molecule has 128 valence electrons. The molecule has 1 aliphatic heterocycles. The number of rotatable bonds is 4. The number of halogens is 1. The van der Waals surface area contributed by atoms with Crippen molar-refractivity contribution < 1.29 is 19.8 Å². The number of aromatic hydroxyl groups is 2. The molecule has 2 N–H and O–H groups in total. The lowest BCUT2D eigenvalue weighted by molar-refractivity contribution is -0.122. The van der Waals surface area contributed by atoms with Crippen LogP contribution >= 0.6 is 23.4 Å². The van der Waals surface area contributed by atoms with E-state index < -0.39 is 5.91 Å². The number of amides is 2. The Balaban J connectivity index is 1.74. The van der Waals surface area contributed by atoms with Crippen molar-refractivity contribution in [1.29, 1.82) is 0 Å². The molecular formula is C18H14ClNO4S. The Hall–Kier alpha value is -2.44. The second-order valence-electron chi connectivity index (χ2n) is 5.42. The molecule has 7 heteroatoms. The number of imide groups is 1. The minimum atomic E-state index is -0.410. The Morgan fingerprint density at radius 3 is 2.52 bits per heavy atom. The van der Waals surface area contributed by atoms with Gasteiger partial charge in [0.2, 0.25) is 0 Å². The largest absolute Gasteiger partial charge is 0.504 e. The van der Waals surface area contributed by atoms with E-state index in [1.165, 1.54) is 17.0 Å². The zero-order valence-electron chi connectivity index (χ0n) is 13.0. The van der Waals surface area contributed by atoms with Gasteiger partial charge in [0.25, 0.3) is 11.1 Å². The van der Waals surface area contributed by atoms with Crippen molar-refractivity contribution in [2.24, 2.45) is 0 Å². The van der Waals surface area contributed by atoms with Gasteiger partial charge in [0.05, 0.1) is 4.91 Å². The first kappa shape index (κ1) is 17.4. The molecule has 3 rings (SSSR count). The van der Waals surface area contributed by atoms with E-state index in [1.807, 2.05) is 12.1 Å². The third kappa shape index (κ3) is 3.81. The van der Waals surface area contributed by atoms with Crippen LogP contribution < -0.4 is 0 Å². The maximum atomic E-state index is 12.4. The van der Waals surface area contributed by atoms with Gasteiger partial charge in [-0.25, -0.2) is 0 Å². The highest BCUT2D eigenvalue weighted by Gasteiger charge is 2.34. The number of carbonyl (C=O) groups excluding carboxylic acids is 2. The second kappa shape index (κ2) is 7.21. The normalized spacial score (nSPS) is 16.0. The number of carbonyl (C=O) groups is 2. The third-order valence-corrected chi connectivity index (χ3v) is 4.90. The molecule has 1 heterocycles. The number of nitrogens with zero attached hydrogens (tertiary/aromatic N) is 1. The van der Waals surface area contributed by atoms with E-state index in [1.54, 1.807) is 24.3 Å². The molecule has 25 heavy (non-hydrogen) atoms. The fraction of sp³-hybridized carbons (Fsp3) is 0.111. The van der Waals surface area contributed by atoms with E-state index in [2.05, 4.69) is 0 Å². The molecule has 2 aromatic carbocycles. The molecule has 1 fully saturated rings. The third-order valence-electron chi connectivity index (χ3n) is 3.74. The zero-order valence-corrected chi connectivity index (χ0v) is 14.5. The van der Waals surface area contributed by atoms with Gasteiger partial charge in [-0.1, -0.05) is 35.9 Å². The van der Waals surface area contributed by atoms with Crippen molar-refractivity contribution in [2.75, 3.05) is 6.54 Å². The van der Waals surface area contributed by atoms with Crippen LogP contribution in [-0.2, 0) is 11.2 Å². The highest BCUT2D eigenvalue weighted by atomic mass is 35.5. The van der Waals surface area contributed by atoms with E-state index in [0.29, 0.717) is 11.4 Å². The molecular weight excluding hydrogens is 362 g/mol. The number of para-hydroxylation sites is 1. The van der Waals surface area contributed by atoms with Gasteiger partial charge in [-0.05, 0) is 48.0 Å². The predicted molar refractivity (Wildman–Crippen MR) is 97.6 cm³/mol. The van der Waals surface area contributed by atoms with Crippen LogP contribution in [0.1, 0.15) is 11.1 Å². The molecule has 0 aromatic heterocycles. The fourth-order valence-corrected chi connectivity index (χ4v) is 3.37. The summed E-state index contributed by atoms with van der Waals surface area (Å²) in [6.07, 6.45) is 1.93. The van der Waals surface area contributed by atoms with Crippen LogP contribution in [0.3, 0.4) is 0 Å². The van der Waals surface area contributed by atoms with E-state index in [-0.39, 0.29) is 33.8 Å². The number of benzene rings is 2. The molecule has 1 aliphatic rings. The smallest absolute Gasteiger partial charge is 0.293 e. The highest BCUT2D eigenvalue weighted by Crippen LogP contribution is 2.36. The second-order valence-corrected chi connectivity index (χ2v) is 6.85. The lowest BCUT2D eigenvalue weighted by Gasteiger charge is -2.12. The average Bonchev–Trinajstić information content (AvgIpc) is 2.85. The Bertz CT molecular complexity index is 864. The number of hydrogen-bond acceptors (Lipinski definition) is 5. The number of hydrogen-bond donors (Lipinski definition) is 2. The van der Waals surface area contributed by atoms with Crippen LogP contribution in [0.25, 0.3) is 6.08 Å². The Morgan fingerprint density at radius 1 is 1.08 bits per heavy atom. The van der Waals surface area contributed by atoms with Crippen LogP contribution in [0.15, 0.2) is 47.4 Å². The number of thioether (sulfide) groups is 1. The first-order valence-corrected chi connectivity index (χ1v) is 8.66. The van der Waals surface area contributed by atoms with Crippen molar-refractivity contribution in [3.05, 3.63) is 63.5 Å². The summed E-state index contributed by atoms with van der Waals surface area (Å²) in [5.41, 5.74) is 1.25. The first-order valence-electron chi connectivity index (χ1n) is 7.46. The molecule has 0 unspecified atom stereocenters. The van der Waals surface area contributed by atoms with Gasteiger partial charge < -0.3 is 10.2 Å². The van der Waals surface area contributed by atoms with Crippen LogP contribution in [-0.4, -0.2) is 32.8 Å². The van der Waals surface area contributed by atoms with Crippen molar-refractivity contribution in [3.8, 4) is 11.5 Å². The molecule has 5 nitrogen and oxygen atoms in total. The zero-order chi connectivity index (χ0) is 18.0.